The van der Waals surface area contributed by atoms with Crippen LogP contribution in [0.15, 0.2) is 36.5 Å². The molecule has 2 aromatic rings. The van der Waals surface area contributed by atoms with Gasteiger partial charge >= 0.3 is 0 Å². The van der Waals surface area contributed by atoms with Crippen LogP contribution in [-0.4, -0.2) is 61.0 Å². The Morgan fingerprint density at radius 1 is 1.13 bits per heavy atom. The Labute approximate surface area is 180 Å². The first-order chi connectivity index (χ1) is 14.6. The van der Waals surface area contributed by atoms with E-state index in [-0.39, 0.29) is 18.4 Å². The standard InChI is InChI=1S/C22H24ClN5O2/c23-17-3-1-2-4-18(17)26-7-9-27(10-8-26)22(30)16-11-19-21(24-12-16)25-13-20(29)28(19)14-15-5-6-15/h1-4,11-12,15H,5-10,13-14H2,(H,24,25). The highest BCUT2D eigenvalue weighted by Gasteiger charge is 2.32. The lowest BCUT2D eigenvalue weighted by Gasteiger charge is -2.36. The molecule has 7 nitrogen and oxygen atoms in total. The van der Waals surface area contributed by atoms with Gasteiger partial charge in [0.1, 0.15) is 5.82 Å². The summed E-state index contributed by atoms with van der Waals surface area (Å²) < 4.78 is 0. The molecule has 3 aliphatic rings. The number of hydrogen-bond donors (Lipinski definition) is 1. The fourth-order valence-corrected chi connectivity index (χ4v) is 4.36. The van der Waals surface area contributed by atoms with Crippen molar-refractivity contribution in [3.05, 3.63) is 47.1 Å². The lowest BCUT2D eigenvalue weighted by molar-refractivity contribution is -0.117. The minimum atomic E-state index is -0.0477. The molecular formula is C22H24ClN5O2. The van der Waals surface area contributed by atoms with E-state index in [0.29, 0.717) is 36.9 Å². The molecule has 30 heavy (non-hydrogen) atoms. The van der Waals surface area contributed by atoms with Crippen LogP contribution >= 0.6 is 11.6 Å². The summed E-state index contributed by atoms with van der Waals surface area (Å²) in [6, 6.07) is 9.60. The Kier molecular flexibility index (Phi) is 4.98. The molecule has 0 bridgehead atoms. The summed E-state index contributed by atoms with van der Waals surface area (Å²) in [5, 5.41) is 3.79. The molecule has 156 valence electrons. The van der Waals surface area contributed by atoms with Gasteiger partial charge in [-0.1, -0.05) is 23.7 Å². The third-order valence-electron chi connectivity index (χ3n) is 6.01. The van der Waals surface area contributed by atoms with Crippen molar-refractivity contribution in [2.75, 3.05) is 54.4 Å². The molecule has 1 saturated carbocycles. The number of rotatable bonds is 4. The van der Waals surface area contributed by atoms with E-state index in [1.54, 1.807) is 11.1 Å². The second kappa shape index (κ2) is 7.80. The summed E-state index contributed by atoms with van der Waals surface area (Å²) in [6.07, 6.45) is 3.93. The number of hydrogen-bond acceptors (Lipinski definition) is 5. The topological polar surface area (TPSA) is 68.8 Å². The highest BCUT2D eigenvalue weighted by Crippen LogP contribution is 2.35. The van der Waals surface area contributed by atoms with Crippen LogP contribution in [0.1, 0.15) is 23.2 Å². The Balaban J connectivity index is 1.30. The number of carbonyl (C=O) groups excluding carboxylic acids is 2. The molecule has 0 unspecified atom stereocenters. The molecule has 2 fully saturated rings. The molecule has 0 atom stereocenters. The number of para-hydroxylation sites is 1. The molecule has 5 rings (SSSR count). The Bertz CT molecular complexity index is 985. The number of nitrogens with zero attached hydrogens (tertiary/aromatic N) is 4. The zero-order valence-corrected chi connectivity index (χ0v) is 17.4. The van der Waals surface area contributed by atoms with Crippen LogP contribution in [0.25, 0.3) is 0 Å². The van der Waals surface area contributed by atoms with Crippen LogP contribution in [0.5, 0.6) is 0 Å². The molecule has 1 aromatic carbocycles. The van der Waals surface area contributed by atoms with Crippen LogP contribution in [0.4, 0.5) is 17.2 Å². The summed E-state index contributed by atoms with van der Waals surface area (Å²) >= 11 is 6.32. The van der Waals surface area contributed by atoms with Gasteiger partial charge in [0.15, 0.2) is 0 Å². The average molecular weight is 426 g/mol. The predicted octanol–water partition coefficient (Wildman–Crippen LogP) is 2.87. The summed E-state index contributed by atoms with van der Waals surface area (Å²) in [7, 11) is 0. The molecule has 1 saturated heterocycles. The van der Waals surface area contributed by atoms with E-state index in [4.69, 9.17) is 11.6 Å². The van der Waals surface area contributed by atoms with Gasteiger partial charge in [0.25, 0.3) is 5.91 Å². The van der Waals surface area contributed by atoms with E-state index in [1.807, 2.05) is 35.2 Å². The van der Waals surface area contributed by atoms with Crippen molar-refractivity contribution < 1.29 is 9.59 Å². The number of halogens is 1. The minimum absolute atomic E-state index is 0.0363. The molecule has 2 aliphatic heterocycles. The number of benzene rings is 1. The van der Waals surface area contributed by atoms with Crippen molar-refractivity contribution in [3.8, 4) is 0 Å². The van der Waals surface area contributed by atoms with Crippen molar-refractivity contribution in [1.29, 1.82) is 0 Å². The van der Waals surface area contributed by atoms with Crippen molar-refractivity contribution in [2.24, 2.45) is 5.92 Å². The maximum absolute atomic E-state index is 13.1. The Morgan fingerprint density at radius 2 is 1.90 bits per heavy atom. The fourth-order valence-electron chi connectivity index (χ4n) is 4.10. The van der Waals surface area contributed by atoms with Crippen LogP contribution in [-0.2, 0) is 4.79 Å². The second-order valence-corrected chi connectivity index (χ2v) is 8.53. The van der Waals surface area contributed by atoms with E-state index in [1.165, 1.54) is 0 Å². The number of nitrogens with one attached hydrogen (secondary N) is 1. The van der Waals surface area contributed by atoms with E-state index >= 15 is 0 Å². The lowest BCUT2D eigenvalue weighted by Crippen LogP contribution is -2.49. The molecule has 2 amide bonds. The van der Waals surface area contributed by atoms with Crippen LogP contribution in [0, 0.1) is 5.92 Å². The molecule has 1 aliphatic carbocycles. The second-order valence-electron chi connectivity index (χ2n) is 8.12. The van der Waals surface area contributed by atoms with Gasteiger partial charge in [-0.3, -0.25) is 9.59 Å². The molecule has 0 radical (unpaired) electrons. The molecule has 1 N–H and O–H groups in total. The van der Waals surface area contributed by atoms with Gasteiger partial charge < -0.3 is 20.0 Å². The highest BCUT2D eigenvalue weighted by atomic mass is 35.5. The number of amides is 2. The zero-order valence-electron chi connectivity index (χ0n) is 16.7. The molecular weight excluding hydrogens is 402 g/mol. The number of aromatic nitrogens is 1. The first-order valence-corrected chi connectivity index (χ1v) is 10.8. The maximum Gasteiger partial charge on any atom is 0.255 e. The largest absolute Gasteiger partial charge is 0.367 e. The van der Waals surface area contributed by atoms with Gasteiger partial charge in [-0.05, 0) is 37.0 Å². The van der Waals surface area contributed by atoms with Crippen LogP contribution < -0.4 is 15.1 Å². The summed E-state index contributed by atoms with van der Waals surface area (Å²) in [6.45, 7) is 3.64. The molecule has 8 heteroatoms. The quantitative estimate of drug-likeness (QED) is 0.815. The third-order valence-corrected chi connectivity index (χ3v) is 6.33. The number of anilines is 3. The summed E-state index contributed by atoms with van der Waals surface area (Å²) in [5.41, 5.74) is 2.25. The Morgan fingerprint density at radius 3 is 2.63 bits per heavy atom. The van der Waals surface area contributed by atoms with Crippen molar-refractivity contribution >= 4 is 40.6 Å². The van der Waals surface area contributed by atoms with Gasteiger partial charge in [0.2, 0.25) is 5.91 Å². The van der Waals surface area contributed by atoms with Gasteiger partial charge in [-0.2, -0.15) is 0 Å². The average Bonchev–Trinajstić information content (AvgIpc) is 3.60. The number of piperazine rings is 1. The highest BCUT2D eigenvalue weighted by molar-refractivity contribution is 6.33. The number of carbonyl (C=O) groups is 2. The number of fused-ring (bicyclic) bond motifs is 1. The maximum atomic E-state index is 13.1. The van der Waals surface area contributed by atoms with Crippen LogP contribution in [0.3, 0.4) is 0 Å². The number of pyridine rings is 1. The van der Waals surface area contributed by atoms with Crippen molar-refractivity contribution in [3.63, 3.8) is 0 Å². The van der Waals surface area contributed by atoms with E-state index < -0.39 is 0 Å². The Hall–Kier alpha value is -2.80. The first-order valence-electron chi connectivity index (χ1n) is 10.4. The zero-order chi connectivity index (χ0) is 20.7. The van der Waals surface area contributed by atoms with Gasteiger partial charge in [-0.15, -0.1) is 0 Å². The third kappa shape index (κ3) is 3.69. The van der Waals surface area contributed by atoms with Gasteiger partial charge in [0.05, 0.1) is 28.5 Å². The minimum Gasteiger partial charge on any atom is -0.367 e. The molecule has 3 heterocycles. The molecule has 0 spiro atoms. The first kappa shape index (κ1) is 19.2. The monoisotopic (exact) mass is 425 g/mol. The van der Waals surface area contributed by atoms with Crippen molar-refractivity contribution in [2.45, 2.75) is 12.8 Å². The van der Waals surface area contributed by atoms with E-state index in [2.05, 4.69) is 15.2 Å². The smallest absolute Gasteiger partial charge is 0.255 e. The molecule has 1 aromatic heterocycles. The van der Waals surface area contributed by atoms with E-state index in [0.717, 1.165) is 42.3 Å². The van der Waals surface area contributed by atoms with E-state index in [9.17, 15) is 9.59 Å². The SMILES string of the molecule is O=C(c1cnc2c(c1)N(CC1CC1)C(=O)CN2)N1CCN(c2ccccc2Cl)CC1. The van der Waals surface area contributed by atoms with Gasteiger partial charge in [0, 0.05) is 38.9 Å². The van der Waals surface area contributed by atoms with Crippen molar-refractivity contribution in [1.82, 2.24) is 9.88 Å². The lowest BCUT2D eigenvalue weighted by atomic mass is 10.1. The summed E-state index contributed by atoms with van der Waals surface area (Å²) in [4.78, 5) is 35.8. The normalized spacial score (nSPS) is 18.8. The van der Waals surface area contributed by atoms with Crippen LogP contribution in [0.2, 0.25) is 5.02 Å². The van der Waals surface area contributed by atoms with Gasteiger partial charge in [-0.25, -0.2) is 4.98 Å². The fraction of sp³-hybridized carbons (Fsp3) is 0.409. The predicted molar refractivity (Wildman–Crippen MR) is 117 cm³/mol. The summed E-state index contributed by atoms with van der Waals surface area (Å²) in [5.74, 6) is 1.23.